The molecule has 0 aromatic carbocycles. The molecule has 126 valence electrons. The smallest absolute Gasteiger partial charge is 0.254 e. The molecule has 0 aromatic heterocycles. The summed E-state index contributed by atoms with van der Waals surface area (Å²) in [5.74, 6) is 0.761. The second-order valence-corrected chi connectivity index (χ2v) is 18.0. The van der Waals surface area contributed by atoms with Crippen LogP contribution in [0.5, 0.6) is 0 Å². The molecule has 5 atom stereocenters. The van der Waals surface area contributed by atoms with E-state index in [1.165, 1.54) is 11.4 Å². The van der Waals surface area contributed by atoms with Crippen LogP contribution in [-0.4, -0.2) is 52.9 Å². The van der Waals surface area contributed by atoms with Crippen LogP contribution in [-0.2, 0) is 18.3 Å². The van der Waals surface area contributed by atoms with Crippen LogP contribution in [0.1, 0.15) is 27.7 Å². The lowest BCUT2D eigenvalue weighted by molar-refractivity contribution is -0.0445. The molecule has 8 heteroatoms. The summed E-state index contributed by atoms with van der Waals surface area (Å²) in [6.45, 7) is 12.7. The molecule has 2 heterocycles. The Bertz CT molecular complexity index is 470. The molecule has 0 saturated carbocycles. The van der Waals surface area contributed by atoms with E-state index in [1.54, 1.807) is 6.66 Å². The van der Waals surface area contributed by atoms with Crippen LogP contribution in [0.15, 0.2) is 0 Å². The van der Waals surface area contributed by atoms with Crippen LogP contribution in [0.4, 0.5) is 0 Å². The minimum Gasteiger partial charge on any atom is -0.412 e. The van der Waals surface area contributed by atoms with Gasteiger partial charge in [-0.1, -0.05) is 39.1 Å². The van der Waals surface area contributed by atoms with E-state index >= 15 is 0 Å². The van der Waals surface area contributed by atoms with Crippen molar-refractivity contribution >= 4 is 34.1 Å². The van der Waals surface area contributed by atoms with Crippen molar-refractivity contribution in [3.63, 3.8) is 0 Å². The first-order valence-corrected chi connectivity index (χ1v) is 14.3. The van der Waals surface area contributed by atoms with Gasteiger partial charge in [0.1, 0.15) is 13.4 Å². The van der Waals surface area contributed by atoms with Gasteiger partial charge in [-0.15, -0.1) is 0 Å². The zero-order chi connectivity index (χ0) is 17.0. The van der Waals surface area contributed by atoms with Crippen LogP contribution < -0.4 is 0 Å². The third-order valence-electron chi connectivity index (χ3n) is 5.34. The summed E-state index contributed by atoms with van der Waals surface area (Å²) in [4.78, 5) is 0. The molecule has 2 aliphatic rings. The highest BCUT2D eigenvalue weighted by Crippen LogP contribution is 2.63. The summed E-state index contributed by atoms with van der Waals surface area (Å²) < 4.78 is 30.2. The summed E-state index contributed by atoms with van der Waals surface area (Å²) in [6, 6.07) is -0.456. The fourth-order valence-electron chi connectivity index (χ4n) is 2.58. The van der Waals surface area contributed by atoms with Gasteiger partial charge in [-0.2, -0.15) is 0 Å². The van der Waals surface area contributed by atoms with Crippen molar-refractivity contribution in [3.05, 3.63) is 0 Å². The molecule has 0 bridgehead atoms. The first-order valence-electron chi connectivity index (χ1n) is 7.78. The maximum absolute atomic E-state index is 12.0. The zero-order valence-corrected chi connectivity index (χ0v) is 17.4. The van der Waals surface area contributed by atoms with E-state index in [-0.39, 0.29) is 17.1 Å². The van der Waals surface area contributed by atoms with E-state index in [0.29, 0.717) is 12.4 Å². The predicted octanol–water partition coefficient (Wildman–Crippen LogP) is 3.86. The lowest BCUT2D eigenvalue weighted by atomic mass is 9.84. The molecule has 22 heavy (non-hydrogen) atoms. The third-order valence-corrected chi connectivity index (χ3v) is 13.6. The highest BCUT2D eigenvalue weighted by molar-refractivity contribution is 8.56. The largest absolute Gasteiger partial charge is 0.412 e. The van der Waals surface area contributed by atoms with Gasteiger partial charge in [0, 0.05) is 24.3 Å². The number of rotatable bonds is 2. The average molecular weight is 362 g/mol. The summed E-state index contributed by atoms with van der Waals surface area (Å²) in [6.07, 6.45) is -0.139. The monoisotopic (exact) mass is 362 g/mol. The van der Waals surface area contributed by atoms with Gasteiger partial charge < -0.3 is 13.7 Å². The Morgan fingerprint density at radius 3 is 2.45 bits per heavy atom. The standard InChI is InChI=1S/C14H28BO4PSSi/c1-10-11(19-22(6,7)13(2,3)4)12(15)18-14(10)8-17-20(5,16)21-9-14/h10-12H,8-9H2,1-7H3/t10?,11-,12+,14+,20?/m0/s1. The van der Waals surface area contributed by atoms with Crippen molar-refractivity contribution in [1.29, 1.82) is 0 Å². The molecule has 2 rings (SSSR count). The van der Waals surface area contributed by atoms with Gasteiger partial charge in [0.25, 0.3) is 6.57 Å². The van der Waals surface area contributed by atoms with Gasteiger partial charge >= 0.3 is 0 Å². The third kappa shape index (κ3) is 3.55. The quantitative estimate of drug-likeness (QED) is 0.551. The predicted molar refractivity (Wildman–Crippen MR) is 96.5 cm³/mol. The highest BCUT2D eigenvalue weighted by atomic mass is 32.7. The van der Waals surface area contributed by atoms with Crippen LogP contribution in [0.3, 0.4) is 0 Å². The van der Waals surface area contributed by atoms with Gasteiger partial charge in [0.05, 0.1) is 12.7 Å². The van der Waals surface area contributed by atoms with Crippen molar-refractivity contribution in [2.45, 2.75) is 63.5 Å². The molecule has 1 spiro atoms. The first kappa shape index (κ1) is 19.1. The molecule has 0 amide bonds. The van der Waals surface area contributed by atoms with Crippen LogP contribution in [0.2, 0.25) is 18.1 Å². The molecule has 2 radical (unpaired) electrons. The summed E-state index contributed by atoms with van der Waals surface area (Å²) in [5.41, 5.74) is -0.485. The van der Waals surface area contributed by atoms with E-state index in [0.717, 1.165) is 0 Å². The normalized spacial score (nSPS) is 43.7. The molecule has 2 fully saturated rings. The van der Waals surface area contributed by atoms with Crippen LogP contribution >= 0.6 is 18.0 Å². The Balaban J connectivity index is 2.15. The van der Waals surface area contributed by atoms with Gasteiger partial charge in [-0.3, -0.25) is 4.57 Å². The Hall–Kier alpha value is 0.742. The number of hydrogen-bond donors (Lipinski definition) is 0. The molecular weight excluding hydrogens is 334 g/mol. The SMILES string of the molecule is [B][C@@H]1O[C@@]2(COP(C)(=O)SC2)C(C)[C@@H]1O[Si](C)(C)C(C)(C)C. The molecule has 0 N–H and O–H groups in total. The fourth-order valence-corrected chi connectivity index (χ4v) is 7.09. The Kier molecular flexibility index (Phi) is 5.13. The van der Waals surface area contributed by atoms with Crippen molar-refractivity contribution in [3.8, 4) is 0 Å². The van der Waals surface area contributed by atoms with Gasteiger partial charge in [0.15, 0.2) is 8.32 Å². The summed E-state index contributed by atoms with van der Waals surface area (Å²) in [5, 5.41) is 0.124. The van der Waals surface area contributed by atoms with E-state index in [4.69, 9.17) is 21.5 Å². The number of hydrogen-bond acceptors (Lipinski definition) is 5. The Labute approximate surface area is 141 Å². The molecule has 2 unspecified atom stereocenters. The second kappa shape index (κ2) is 5.92. The minimum absolute atomic E-state index is 0.115. The van der Waals surface area contributed by atoms with E-state index < -0.39 is 26.5 Å². The van der Waals surface area contributed by atoms with Gasteiger partial charge in [-0.05, 0) is 18.1 Å². The topological polar surface area (TPSA) is 44.8 Å². The van der Waals surface area contributed by atoms with Crippen LogP contribution in [0, 0.1) is 5.92 Å². The number of ether oxygens (including phenoxy) is 1. The Morgan fingerprint density at radius 1 is 1.41 bits per heavy atom. The second-order valence-electron chi connectivity index (χ2n) is 8.10. The summed E-state index contributed by atoms with van der Waals surface area (Å²) >= 11 is 1.36. The average Bonchev–Trinajstić information content (AvgIpc) is 2.57. The lowest BCUT2D eigenvalue weighted by Gasteiger charge is -2.42. The maximum atomic E-state index is 12.0. The van der Waals surface area contributed by atoms with Crippen molar-refractivity contribution < 1.29 is 18.3 Å². The Morgan fingerprint density at radius 2 is 2.00 bits per heavy atom. The highest BCUT2D eigenvalue weighted by Gasteiger charge is 2.56. The van der Waals surface area contributed by atoms with E-state index in [9.17, 15) is 4.57 Å². The lowest BCUT2D eigenvalue weighted by Crippen LogP contribution is -2.50. The van der Waals surface area contributed by atoms with Crippen molar-refractivity contribution in [2.75, 3.05) is 19.0 Å². The first-order chi connectivity index (χ1) is 9.80. The van der Waals surface area contributed by atoms with E-state index in [2.05, 4.69) is 40.8 Å². The van der Waals surface area contributed by atoms with Crippen LogP contribution in [0.25, 0.3) is 0 Å². The molecule has 0 aromatic rings. The van der Waals surface area contributed by atoms with E-state index in [1.807, 2.05) is 0 Å². The van der Waals surface area contributed by atoms with Gasteiger partial charge in [-0.25, -0.2) is 0 Å². The molecule has 2 saturated heterocycles. The minimum atomic E-state index is -2.53. The van der Waals surface area contributed by atoms with Crippen molar-refractivity contribution in [1.82, 2.24) is 0 Å². The summed E-state index contributed by atoms with van der Waals surface area (Å²) in [7, 11) is 4.31. The maximum Gasteiger partial charge on any atom is 0.254 e. The van der Waals surface area contributed by atoms with Crippen molar-refractivity contribution in [2.24, 2.45) is 5.92 Å². The molecular formula is C14H28BO4PSSi. The van der Waals surface area contributed by atoms with Gasteiger partial charge in [0.2, 0.25) is 0 Å². The molecule has 4 nitrogen and oxygen atoms in total. The zero-order valence-electron chi connectivity index (χ0n) is 14.7. The molecule has 2 aliphatic heterocycles. The molecule has 0 aliphatic carbocycles. The fraction of sp³-hybridized carbons (Fsp3) is 1.00.